The molecule has 2 fully saturated rings. The lowest BCUT2D eigenvalue weighted by Gasteiger charge is -2.17. The summed E-state index contributed by atoms with van der Waals surface area (Å²) in [5.74, 6) is -0.159. The summed E-state index contributed by atoms with van der Waals surface area (Å²) < 4.78 is 13.3. The number of nitrogens with zero attached hydrogens (tertiary/aromatic N) is 1. The monoisotopic (exact) mass is 293 g/mol. The van der Waals surface area contributed by atoms with Gasteiger partial charge in [-0.2, -0.15) is 0 Å². The van der Waals surface area contributed by atoms with E-state index in [9.17, 15) is 19.3 Å². The van der Waals surface area contributed by atoms with E-state index in [0.717, 1.165) is 44.0 Å². The van der Waals surface area contributed by atoms with Crippen LogP contribution in [0.25, 0.3) is 0 Å². The highest BCUT2D eigenvalue weighted by atomic mass is 19.1. The highest BCUT2D eigenvalue weighted by Crippen LogP contribution is 2.38. The molecule has 1 saturated heterocycles. The van der Waals surface area contributed by atoms with Gasteiger partial charge in [0.1, 0.15) is 11.5 Å². The Morgan fingerprint density at radius 1 is 1.43 bits per heavy atom. The molecule has 1 aliphatic heterocycles. The average Bonchev–Trinajstić information content (AvgIpc) is 3.00. The Labute approximate surface area is 120 Å². The normalized spacial score (nSPS) is 27.4. The molecule has 3 unspecified atom stereocenters. The van der Waals surface area contributed by atoms with Crippen LogP contribution >= 0.6 is 0 Å². The summed E-state index contributed by atoms with van der Waals surface area (Å²) >= 11 is 0. The molecular formula is C14H16FN3O3. The maximum absolute atomic E-state index is 13.3. The van der Waals surface area contributed by atoms with Crippen molar-refractivity contribution in [2.24, 2.45) is 11.8 Å². The molecule has 1 amide bonds. The smallest absolute Gasteiger partial charge is 0.292 e. The van der Waals surface area contributed by atoms with Crippen molar-refractivity contribution < 1.29 is 14.1 Å². The third-order valence-electron chi connectivity index (χ3n) is 4.44. The summed E-state index contributed by atoms with van der Waals surface area (Å²) in [4.78, 5) is 22.6. The summed E-state index contributed by atoms with van der Waals surface area (Å²) in [6, 6.07) is 2.71. The molecule has 2 aliphatic rings. The standard InChI is InChI=1S/C14H16FN3O3/c15-9-4-5-12(18(20)21)11(6-9)17-14(19)13-10-3-1-2-8(10)7-16-13/h4-6,8,10,13,16H,1-3,7H2,(H,17,19). The van der Waals surface area contributed by atoms with Gasteiger partial charge in [-0.3, -0.25) is 14.9 Å². The van der Waals surface area contributed by atoms with E-state index in [1.54, 1.807) is 0 Å². The third kappa shape index (κ3) is 2.61. The first-order valence-electron chi connectivity index (χ1n) is 7.04. The fraction of sp³-hybridized carbons (Fsp3) is 0.500. The molecule has 0 spiro atoms. The molecule has 0 bridgehead atoms. The third-order valence-corrected chi connectivity index (χ3v) is 4.44. The highest BCUT2D eigenvalue weighted by molar-refractivity contribution is 5.97. The Morgan fingerprint density at radius 2 is 2.24 bits per heavy atom. The van der Waals surface area contributed by atoms with E-state index in [1.165, 1.54) is 0 Å². The number of fused-ring (bicyclic) bond motifs is 1. The van der Waals surface area contributed by atoms with Crippen LogP contribution < -0.4 is 10.6 Å². The molecule has 2 N–H and O–H groups in total. The quantitative estimate of drug-likeness (QED) is 0.660. The number of carbonyl (C=O) groups excluding carboxylic acids is 1. The SMILES string of the molecule is O=C(Nc1cc(F)ccc1[N+](=O)[O-])C1NCC2CCCC21. The van der Waals surface area contributed by atoms with Crippen molar-refractivity contribution in [3.8, 4) is 0 Å². The molecule has 1 heterocycles. The van der Waals surface area contributed by atoms with Crippen LogP contribution in [0.4, 0.5) is 15.8 Å². The van der Waals surface area contributed by atoms with E-state index in [0.29, 0.717) is 5.92 Å². The molecule has 112 valence electrons. The van der Waals surface area contributed by atoms with Crippen molar-refractivity contribution in [3.05, 3.63) is 34.1 Å². The molecule has 3 atom stereocenters. The first kappa shape index (κ1) is 13.9. The number of halogens is 1. The Morgan fingerprint density at radius 3 is 3.00 bits per heavy atom. The van der Waals surface area contributed by atoms with Crippen LogP contribution in [-0.4, -0.2) is 23.4 Å². The average molecular weight is 293 g/mol. The molecule has 0 aromatic heterocycles. The summed E-state index contributed by atoms with van der Waals surface area (Å²) in [6.07, 6.45) is 3.21. The minimum atomic E-state index is -0.629. The number of rotatable bonds is 3. The van der Waals surface area contributed by atoms with Gasteiger partial charge in [0, 0.05) is 12.1 Å². The molecule has 6 nitrogen and oxygen atoms in total. The van der Waals surface area contributed by atoms with Gasteiger partial charge in [0.25, 0.3) is 5.69 Å². The lowest BCUT2D eigenvalue weighted by molar-refractivity contribution is -0.384. The summed E-state index contributed by atoms with van der Waals surface area (Å²) in [7, 11) is 0. The van der Waals surface area contributed by atoms with Gasteiger partial charge in [-0.1, -0.05) is 6.42 Å². The molecule has 1 aromatic rings. The lowest BCUT2D eigenvalue weighted by atomic mass is 9.93. The Kier molecular flexibility index (Phi) is 3.59. The van der Waals surface area contributed by atoms with Crippen LogP contribution in [0.2, 0.25) is 0 Å². The van der Waals surface area contributed by atoms with Crippen LogP contribution in [0.15, 0.2) is 18.2 Å². The van der Waals surface area contributed by atoms with Crippen LogP contribution in [0.3, 0.4) is 0 Å². The minimum absolute atomic E-state index is 0.0896. The van der Waals surface area contributed by atoms with Gasteiger partial charge in [0.05, 0.1) is 11.0 Å². The van der Waals surface area contributed by atoms with Crippen LogP contribution in [0.5, 0.6) is 0 Å². The van der Waals surface area contributed by atoms with Crippen molar-refractivity contribution in [1.82, 2.24) is 5.32 Å². The second-order valence-electron chi connectivity index (χ2n) is 5.65. The van der Waals surface area contributed by atoms with Crippen molar-refractivity contribution in [2.45, 2.75) is 25.3 Å². The number of nitrogens with one attached hydrogen (secondary N) is 2. The number of anilines is 1. The van der Waals surface area contributed by atoms with Gasteiger partial charge in [0.2, 0.25) is 5.91 Å². The highest BCUT2D eigenvalue weighted by Gasteiger charge is 2.42. The van der Waals surface area contributed by atoms with E-state index in [1.807, 2.05) is 0 Å². The number of carbonyl (C=O) groups is 1. The molecule has 1 saturated carbocycles. The lowest BCUT2D eigenvalue weighted by Crippen LogP contribution is -2.39. The summed E-state index contributed by atoms with van der Waals surface area (Å²) in [6.45, 7) is 0.800. The van der Waals surface area contributed by atoms with E-state index in [-0.39, 0.29) is 29.2 Å². The Bertz CT molecular complexity index is 593. The zero-order chi connectivity index (χ0) is 15.0. The molecule has 0 radical (unpaired) electrons. The number of benzene rings is 1. The van der Waals surface area contributed by atoms with Gasteiger partial charge < -0.3 is 10.6 Å². The predicted octanol–water partition coefficient (Wildman–Crippen LogP) is 2.06. The van der Waals surface area contributed by atoms with Crippen molar-refractivity contribution in [2.75, 3.05) is 11.9 Å². The van der Waals surface area contributed by atoms with Gasteiger partial charge in [-0.25, -0.2) is 4.39 Å². The Balaban J connectivity index is 1.78. The fourth-order valence-corrected chi connectivity index (χ4v) is 3.45. The molecular weight excluding hydrogens is 277 g/mol. The second kappa shape index (κ2) is 5.40. The first-order chi connectivity index (χ1) is 10.1. The zero-order valence-electron chi connectivity index (χ0n) is 11.3. The molecule has 1 aromatic carbocycles. The molecule has 3 rings (SSSR count). The largest absolute Gasteiger partial charge is 0.319 e. The van der Waals surface area contributed by atoms with Crippen LogP contribution in [-0.2, 0) is 4.79 Å². The summed E-state index contributed by atoms with van der Waals surface area (Å²) in [5, 5.41) is 16.6. The van der Waals surface area contributed by atoms with Crippen LogP contribution in [0, 0.1) is 27.8 Å². The molecule has 1 aliphatic carbocycles. The van der Waals surface area contributed by atoms with Crippen molar-refractivity contribution in [3.63, 3.8) is 0 Å². The number of hydrogen-bond acceptors (Lipinski definition) is 4. The van der Waals surface area contributed by atoms with Crippen molar-refractivity contribution >= 4 is 17.3 Å². The van der Waals surface area contributed by atoms with Crippen LogP contribution in [0.1, 0.15) is 19.3 Å². The zero-order valence-corrected chi connectivity index (χ0v) is 11.3. The maximum Gasteiger partial charge on any atom is 0.292 e. The maximum atomic E-state index is 13.3. The molecule has 7 heteroatoms. The number of nitro groups is 1. The van der Waals surface area contributed by atoms with E-state index in [4.69, 9.17) is 0 Å². The predicted molar refractivity (Wildman–Crippen MR) is 74.3 cm³/mol. The second-order valence-corrected chi connectivity index (χ2v) is 5.65. The number of hydrogen-bond donors (Lipinski definition) is 2. The van der Waals surface area contributed by atoms with Gasteiger partial charge in [-0.15, -0.1) is 0 Å². The van der Waals surface area contributed by atoms with E-state index >= 15 is 0 Å². The van der Waals surface area contributed by atoms with Gasteiger partial charge in [-0.05, 0) is 37.3 Å². The van der Waals surface area contributed by atoms with E-state index < -0.39 is 10.7 Å². The Hall–Kier alpha value is -2.02. The number of nitro benzene ring substituents is 1. The van der Waals surface area contributed by atoms with Gasteiger partial charge in [0.15, 0.2) is 0 Å². The summed E-state index contributed by atoms with van der Waals surface area (Å²) in [5.41, 5.74) is -0.390. The number of amides is 1. The first-order valence-corrected chi connectivity index (χ1v) is 7.04. The fourth-order valence-electron chi connectivity index (χ4n) is 3.45. The van der Waals surface area contributed by atoms with Crippen molar-refractivity contribution in [1.29, 1.82) is 0 Å². The topological polar surface area (TPSA) is 84.3 Å². The molecule has 21 heavy (non-hydrogen) atoms. The van der Waals surface area contributed by atoms with Gasteiger partial charge >= 0.3 is 0 Å². The van der Waals surface area contributed by atoms with E-state index in [2.05, 4.69) is 10.6 Å². The minimum Gasteiger partial charge on any atom is -0.319 e.